The number of piperazine rings is 1. The zero-order chi connectivity index (χ0) is 36.9. The van der Waals surface area contributed by atoms with Gasteiger partial charge in [-0.05, 0) is 51.6 Å². The smallest absolute Gasteiger partial charge is 0.298 e. The summed E-state index contributed by atoms with van der Waals surface area (Å²) < 4.78 is 17.8. The van der Waals surface area contributed by atoms with E-state index in [9.17, 15) is 14.4 Å². The van der Waals surface area contributed by atoms with Gasteiger partial charge in [-0.25, -0.2) is 0 Å². The Labute approximate surface area is 292 Å². The van der Waals surface area contributed by atoms with E-state index in [4.69, 9.17) is 22.3 Å². The number of carbonyl (C=O) groups is 2. The van der Waals surface area contributed by atoms with Crippen molar-refractivity contribution < 1.29 is 23.8 Å². The molecule has 5 rings (SSSR count). The molecule has 2 aliphatic rings. The molecule has 1 fully saturated rings. The highest BCUT2D eigenvalue weighted by molar-refractivity contribution is 5.93. The van der Waals surface area contributed by atoms with Gasteiger partial charge in [-0.1, -0.05) is 26.0 Å². The van der Waals surface area contributed by atoms with Crippen LogP contribution in [-0.2, 0) is 9.53 Å². The summed E-state index contributed by atoms with van der Waals surface area (Å²) in [6.07, 6.45) is 14.3. The monoisotopic (exact) mass is 671 g/mol. The number of hydrogen-bond acceptors (Lipinski definition) is 8. The molecule has 0 amide bonds. The van der Waals surface area contributed by atoms with E-state index in [0.29, 0.717) is 56.0 Å². The van der Waals surface area contributed by atoms with E-state index >= 15 is 0 Å². The van der Waals surface area contributed by atoms with E-state index in [2.05, 4.69) is 71.1 Å². The highest BCUT2D eigenvalue weighted by Gasteiger charge is 2.28. The second kappa shape index (κ2) is 22.7. The van der Waals surface area contributed by atoms with E-state index in [1.165, 1.54) is 11.8 Å². The Balaban J connectivity index is 0.000000402. The lowest BCUT2D eigenvalue weighted by Gasteiger charge is -2.37. The Bertz CT molecular complexity index is 1610. The molecule has 264 valence electrons. The van der Waals surface area contributed by atoms with Crippen LogP contribution in [0.25, 0.3) is 10.9 Å². The van der Waals surface area contributed by atoms with Gasteiger partial charge in [0, 0.05) is 69.4 Å². The maximum atomic E-state index is 12.7. The highest BCUT2D eigenvalue weighted by Crippen LogP contribution is 2.42. The lowest BCUT2D eigenvalue weighted by Crippen LogP contribution is -2.45. The standard InChI is InChI=1S/C19H25N3O2.C9H12O.C8H6O3.C2H6.C2H4/c1-12-9-15-17-19(16(12)21-7-5-20(4)6-8-21)24-11-14(3)22(17)10-13(2)18(15)23;1-4-6-9(7-5-2)8-10-3;9-5-7-2-1-3-8(4-7)11-6-10;2*1-2/h9-10,14H,5-8,11H2,1-4H3;1-2,9H,6-8H2,3H3;1-6H;1-2H3;1-2H2/t14-;;;;/m0..../s1. The Kier molecular flexibility index (Phi) is 19.5. The second-order valence-electron chi connectivity index (χ2n) is 11.3. The van der Waals surface area contributed by atoms with Crippen molar-refractivity contribution in [2.24, 2.45) is 5.92 Å². The number of nitrogens with zero attached hydrogens (tertiary/aromatic N) is 3. The number of methoxy groups -OCH3 is 1. The maximum absolute atomic E-state index is 12.7. The fourth-order valence-electron chi connectivity index (χ4n) is 5.41. The van der Waals surface area contributed by atoms with Gasteiger partial charge in [-0.3, -0.25) is 14.4 Å². The summed E-state index contributed by atoms with van der Waals surface area (Å²) in [5, 5.41) is 0.784. The maximum Gasteiger partial charge on any atom is 0.298 e. The summed E-state index contributed by atoms with van der Waals surface area (Å²) in [5.74, 6) is 6.73. The largest absolute Gasteiger partial charge is 0.487 e. The van der Waals surface area contributed by atoms with Crippen molar-refractivity contribution >= 4 is 29.3 Å². The summed E-state index contributed by atoms with van der Waals surface area (Å²) in [6.45, 7) is 21.8. The third-order valence-electron chi connectivity index (χ3n) is 7.77. The van der Waals surface area contributed by atoms with E-state index in [1.807, 2.05) is 27.0 Å². The molecule has 0 unspecified atom stereocenters. The molecule has 1 atom stereocenters. The Morgan fingerprint density at radius 1 is 1.04 bits per heavy atom. The van der Waals surface area contributed by atoms with Crippen LogP contribution < -0.4 is 19.8 Å². The van der Waals surface area contributed by atoms with Crippen molar-refractivity contribution in [1.82, 2.24) is 9.47 Å². The molecule has 1 aromatic heterocycles. The minimum Gasteiger partial charge on any atom is -0.487 e. The number of rotatable bonds is 8. The van der Waals surface area contributed by atoms with Crippen LogP contribution in [0.1, 0.15) is 61.1 Å². The van der Waals surface area contributed by atoms with Gasteiger partial charge >= 0.3 is 0 Å². The van der Waals surface area contributed by atoms with Gasteiger partial charge in [0.25, 0.3) is 6.47 Å². The van der Waals surface area contributed by atoms with Gasteiger partial charge in [-0.15, -0.1) is 37.8 Å². The minimum atomic E-state index is 0.119. The molecule has 0 N–H and O–H groups in total. The van der Waals surface area contributed by atoms with Crippen molar-refractivity contribution in [2.45, 2.75) is 53.5 Å². The lowest BCUT2D eigenvalue weighted by atomic mass is 10.0. The van der Waals surface area contributed by atoms with Crippen LogP contribution in [0.15, 0.2) is 54.5 Å². The number of aryl methyl sites for hydroxylation is 2. The van der Waals surface area contributed by atoms with Gasteiger partial charge in [-0.2, -0.15) is 0 Å². The van der Waals surface area contributed by atoms with Crippen molar-refractivity contribution in [3.8, 4) is 36.2 Å². The molecule has 0 aliphatic carbocycles. The number of ether oxygens (including phenoxy) is 3. The zero-order valence-electron chi connectivity index (χ0n) is 30.3. The van der Waals surface area contributed by atoms with Crippen LogP contribution in [-0.4, -0.2) is 75.8 Å². The summed E-state index contributed by atoms with van der Waals surface area (Å²) in [7, 11) is 3.81. The molecule has 9 heteroatoms. The molecule has 0 radical (unpaired) electrons. The van der Waals surface area contributed by atoms with Gasteiger partial charge < -0.3 is 28.6 Å². The van der Waals surface area contributed by atoms with Crippen LogP contribution in [0, 0.1) is 44.5 Å². The molecular weight excluding hydrogens is 618 g/mol. The topological polar surface area (TPSA) is 90.3 Å². The molecule has 3 heterocycles. The van der Waals surface area contributed by atoms with E-state index in [0.717, 1.165) is 54.0 Å². The fourth-order valence-corrected chi connectivity index (χ4v) is 5.41. The zero-order valence-corrected chi connectivity index (χ0v) is 30.3. The quantitative estimate of drug-likeness (QED) is 0.153. The van der Waals surface area contributed by atoms with Crippen molar-refractivity contribution in [2.75, 3.05) is 58.5 Å². The first-order valence-electron chi connectivity index (χ1n) is 16.5. The number of aldehydes is 1. The molecule has 3 aromatic rings. The first-order valence-corrected chi connectivity index (χ1v) is 16.5. The molecule has 0 saturated carbocycles. The number of aromatic nitrogens is 1. The first-order chi connectivity index (χ1) is 23.7. The molecule has 2 aromatic carbocycles. The molecule has 0 bridgehead atoms. The fraction of sp³-hybridized carbons (Fsp3) is 0.425. The number of carbonyl (C=O) groups excluding carboxylic acids is 2. The molecule has 0 spiro atoms. The van der Waals surface area contributed by atoms with Gasteiger partial charge in [0.05, 0.1) is 29.2 Å². The molecule has 2 aliphatic heterocycles. The summed E-state index contributed by atoms with van der Waals surface area (Å²) >= 11 is 0. The van der Waals surface area contributed by atoms with Crippen molar-refractivity contribution in [1.29, 1.82) is 0 Å². The Morgan fingerprint density at radius 3 is 2.22 bits per heavy atom. The summed E-state index contributed by atoms with van der Waals surface area (Å²) in [6, 6.07) is 8.65. The lowest BCUT2D eigenvalue weighted by molar-refractivity contribution is -0.120. The Morgan fingerprint density at radius 2 is 1.67 bits per heavy atom. The highest BCUT2D eigenvalue weighted by atomic mass is 16.5. The van der Waals surface area contributed by atoms with E-state index in [-0.39, 0.29) is 11.5 Å². The van der Waals surface area contributed by atoms with Crippen LogP contribution in [0.3, 0.4) is 0 Å². The third-order valence-corrected chi connectivity index (χ3v) is 7.77. The van der Waals surface area contributed by atoms with Crippen LogP contribution in [0.4, 0.5) is 5.69 Å². The Hall–Kier alpha value is -4.83. The van der Waals surface area contributed by atoms with E-state index in [1.54, 1.807) is 25.3 Å². The number of benzene rings is 2. The average molecular weight is 672 g/mol. The third kappa shape index (κ3) is 12.0. The number of anilines is 1. The predicted molar refractivity (Wildman–Crippen MR) is 201 cm³/mol. The number of likely N-dealkylation sites (N-methyl/N-ethyl adjacent to an activating group) is 1. The van der Waals surface area contributed by atoms with E-state index < -0.39 is 0 Å². The summed E-state index contributed by atoms with van der Waals surface area (Å²) in [5.41, 5.74) is 4.67. The number of terminal acetylenes is 2. The van der Waals surface area contributed by atoms with Crippen LogP contribution >= 0.6 is 0 Å². The SMILES string of the molecule is C#CCC(CC#C)COC.C=C.CC.Cc1cc2c(=O)c(C)cn3c2c(c1N1CCN(C)CC1)OC[C@@H]3C.O=COc1cccc(C=O)c1. The summed E-state index contributed by atoms with van der Waals surface area (Å²) in [4.78, 5) is 37.5. The van der Waals surface area contributed by atoms with Crippen molar-refractivity contribution in [3.05, 3.63) is 76.6 Å². The minimum absolute atomic E-state index is 0.119. The molecule has 1 saturated heterocycles. The van der Waals surface area contributed by atoms with Gasteiger partial charge in [0.15, 0.2) is 11.2 Å². The number of hydrogen-bond donors (Lipinski definition) is 0. The van der Waals surface area contributed by atoms with Gasteiger partial charge in [0.1, 0.15) is 18.6 Å². The van der Waals surface area contributed by atoms with Gasteiger partial charge in [0.2, 0.25) is 0 Å². The van der Waals surface area contributed by atoms with Crippen LogP contribution in [0.5, 0.6) is 11.5 Å². The predicted octanol–water partition coefficient (Wildman–Crippen LogP) is 6.48. The molecule has 49 heavy (non-hydrogen) atoms. The van der Waals surface area contributed by atoms with Crippen molar-refractivity contribution in [3.63, 3.8) is 0 Å². The molecule has 9 nitrogen and oxygen atoms in total. The van der Waals surface area contributed by atoms with Crippen LogP contribution in [0.2, 0.25) is 0 Å². The molecular formula is C40H53N3O6. The second-order valence-corrected chi connectivity index (χ2v) is 11.3. The number of pyridine rings is 1. The normalized spacial score (nSPS) is 14.3. The first kappa shape index (κ1) is 42.2. The average Bonchev–Trinajstić information content (AvgIpc) is 3.12.